The third kappa shape index (κ3) is 4.21. The minimum absolute atomic E-state index is 0.110. The molecule has 1 heterocycles. The van der Waals surface area contributed by atoms with Crippen molar-refractivity contribution in [3.05, 3.63) is 75.7 Å². The molecule has 2 aromatic carbocycles. The number of methoxy groups -OCH3 is 2. The Kier molecular flexibility index (Phi) is 6.26. The summed E-state index contributed by atoms with van der Waals surface area (Å²) in [5.74, 6) is 0.340. The van der Waals surface area contributed by atoms with Crippen molar-refractivity contribution in [1.29, 1.82) is 5.26 Å². The second kappa shape index (κ2) is 9.05. The zero-order valence-corrected chi connectivity index (χ0v) is 17.7. The number of nitriles is 1. The summed E-state index contributed by atoms with van der Waals surface area (Å²) in [5, 5.41) is 12.1. The SMILES string of the molecule is COc1ccc(/C=C(\C#N)C(=O)Nc2c(C)n(C)n(-c3ccccc3)c2=O)c(OC)c1. The van der Waals surface area contributed by atoms with Crippen LogP contribution in [-0.4, -0.2) is 29.5 Å². The molecular formula is C23H22N4O4. The number of amides is 1. The topological polar surface area (TPSA) is 98.3 Å². The van der Waals surface area contributed by atoms with Crippen LogP contribution in [0.3, 0.4) is 0 Å². The minimum atomic E-state index is -0.689. The quantitative estimate of drug-likeness (QED) is 0.490. The van der Waals surface area contributed by atoms with Crippen molar-refractivity contribution in [2.45, 2.75) is 6.92 Å². The first-order chi connectivity index (χ1) is 14.9. The van der Waals surface area contributed by atoms with E-state index in [0.717, 1.165) is 0 Å². The summed E-state index contributed by atoms with van der Waals surface area (Å²) in [5.41, 5.74) is 1.30. The van der Waals surface area contributed by atoms with Crippen LogP contribution in [0.5, 0.6) is 11.5 Å². The number of benzene rings is 2. The van der Waals surface area contributed by atoms with Gasteiger partial charge in [0.05, 0.1) is 25.6 Å². The van der Waals surface area contributed by atoms with Crippen LogP contribution in [0.1, 0.15) is 11.3 Å². The maximum Gasteiger partial charge on any atom is 0.295 e. The summed E-state index contributed by atoms with van der Waals surface area (Å²) in [7, 11) is 4.74. The van der Waals surface area contributed by atoms with Gasteiger partial charge in [0.15, 0.2) is 0 Å². The van der Waals surface area contributed by atoms with E-state index in [1.54, 1.807) is 49.0 Å². The Labute approximate surface area is 179 Å². The third-order valence-electron chi connectivity index (χ3n) is 4.90. The number of nitrogens with one attached hydrogen (secondary N) is 1. The first kappa shape index (κ1) is 21.5. The van der Waals surface area contributed by atoms with Gasteiger partial charge in [0.2, 0.25) is 0 Å². The first-order valence-corrected chi connectivity index (χ1v) is 9.40. The van der Waals surface area contributed by atoms with E-state index < -0.39 is 5.91 Å². The van der Waals surface area contributed by atoms with Crippen molar-refractivity contribution in [2.24, 2.45) is 7.05 Å². The van der Waals surface area contributed by atoms with Gasteiger partial charge in [-0.1, -0.05) is 18.2 Å². The van der Waals surface area contributed by atoms with Gasteiger partial charge in [-0.15, -0.1) is 0 Å². The largest absolute Gasteiger partial charge is 0.497 e. The molecule has 0 atom stereocenters. The van der Waals surface area contributed by atoms with Crippen molar-refractivity contribution < 1.29 is 14.3 Å². The van der Waals surface area contributed by atoms with Crippen LogP contribution in [-0.2, 0) is 11.8 Å². The normalized spacial score (nSPS) is 11.0. The number of aromatic nitrogens is 2. The third-order valence-corrected chi connectivity index (χ3v) is 4.90. The molecule has 0 aliphatic heterocycles. The van der Waals surface area contributed by atoms with E-state index in [2.05, 4.69) is 5.32 Å². The number of carbonyl (C=O) groups excluding carboxylic acids is 1. The average Bonchev–Trinajstić information content (AvgIpc) is 3.00. The van der Waals surface area contributed by atoms with Crippen LogP contribution < -0.4 is 20.3 Å². The lowest BCUT2D eigenvalue weighted by Gasteiger charge is -2.08. The Bertz CT molecular complexity index is 1250. The molecule has 1 amide bonds. The fraction of sp³-hybridized carbons (Fsp3) is 0.174. The van der Waals surface area contributed by atoms with E-state index in [4.69, 9.17) is 9.47 Å². The van der Waals surface area contributed by atoms with Gasteiger partial charge in [-0.05, 0) is 37.3 Å². The number of rotatable bonds is 6. The van der Waals surface area contributed by atoms with Gasteiger partial charge >= 0.3 is 0 Å². The van der Waals surface area contributed by atoms with E-state index in [1.165, 1.54) is 25.0 Å². The zero-order valence-electron chi connectivity index (χ0n) is 17.7. The molecule has 0 bridgehead atoms. The van der Waals surface area contributed by atoms with Crippen molar-refractivity contribution in [3.63, 3.8) is 0 Å². The van der Waals surface area contributed by atoms with Gasteiger partial charge in [-0.2, -0.15) is 5.26 Å². The molecule has 3 rings (SSSR count). The lowest BCUT2D eigenvalue weighted by Crippen LogP contribution is -2.23. The zero-order chi connectivity index (χ0) is 22.5. The fourth-order valence-corrected chi connectivity index (χ4v) is 3.13. The van der Waals surface area contributed by atoms with E-state index in [-0.39, 0.29) is 16.8 Å². The summed E-state index contributed by atoms with van der Waals surface area (Å²) < 4.78 is 13.6. The molecule has 158 valence electrons. The minimum Gasteiger partial charge on any atom is -0.497 e. The van der Waals surface area contributed by atoms with Crippen molar-refractivity contribution in [3.8, 4) is 23.3 Å². The van der Waals surface area contributed by atoms with Crippen molar-refractivity contribution >= 4 is 17.7 Å². The van der Waals surface area contributed by atoms with Crippen LogP contribution >= 0.6 is 0 Å². The predicted octanol–water partition coefficient (Wildman–Crippen LogP) is 3.05. The smallest absolute Gasteiger partial charge is 0.295 e. The molecule has 0 saturated heterocycles. The molecule has 3 aromatic rings. The molecule has 0 fully saturated rings. The summed E-state index contributed by atoms with van der Waals surface area (Å²) in [6.45, 7) is 1.72. The van der Waals surface area contributed by atoms with Crippen molar-refractivity contribution in [1.82, 2.24) is 9.36 Å². The molecule has 8 heteroatoms. The van der Waals surface area contributed by atoms with Gasteiger partial charge in [0.1, 0.15) is 28.8 Å². The number of ether oxygens (including phenoxy) is 2. The molecule has 0 spiro atoms. The van der Waals surface area contributed by atoms with Gasteiger partial charge in [0.25, 0.3) is 11.5 Å². The molecule has 0 aliphatic rings. The van der Waals surface area contributed by atoms with Gasteiger partial charge < -0.3 is 14.8 Å². The highest BCUT2D eigenvalue weighted by Gasteiger charge is 2.20. The molecule has 0 saturated carbocycles. The number of para-hydroxylation sites is 1. The number of anilines is 1. The maximum absolute atomic E-state index is 13.0. The van der Waals surface area contributed by atoms with E-state index in [1.807, 2.05) is 24.3 Å². The Morgan fingerprint density at radius 2 is 1.84 bits per heavy atom. The second-order valence-corrected chi connectivity index (χ2v) is 6.67. The van der Waals surface area contributed by atoms with Gasteiger partial charge in [0, 0.05) is 18.7 Å². The molecule has 0 radical (unpaired) electrons. The Morgan fingerprint density at radius 3 is 2.45 bits per heavy atom. The Hall–Kier alpha value is -4.25. The maximum atomic E-state index is 13.0. The van der Waals surface area contributed by atoms with E-state index in [9.17, 15) is 14.9 Å². The predicted molar refractivity (Wildman–Crippen MR) is 118 cm³/mol. The van der Waals surface area contributed by atoms with Gasteiger partial charge in [-0.25, -0.2) is 4.68 Å². The lowest BCUT2D eigenvalue weighted by molar-refractivity contribution is -0.112. The Morgan fingerprint density at radius 1 is 1.13 bits per heavy atom. The van der Waals surface area contributed by atoms with Gasteiger partial charge in [-0.3, -0.25) is 14.3 Å². The average molecular weight is 418 g/mol. The van der Waals surface area contributed by atoms with E-state index in [0.29, 0.717) is 28.4 Å². The highest BCUT2D eigenvalue weighted by atomic mass is 16.5. The van der Waals surface area contributed by atoms with Crippen LogP contribution in [0, 0.1) is 18.3 Å². The molecule has 0 unspecified atom stereocenters. The number of hydrogen-bond acceptors (Lipinski definition) is 5. The van der Waals surface area contributed by atoms with Crippen LogP contribution in [0.2, 0.25) is 0 Å². The summed E-state index contributed by atoms with van der Waals surface area (Å²) in [4.78, 5) is 25.8. The monoisotopic (exact) mass is 418 g/mol. The molecule has 0 aliphatic carbocycles. The van der Waals surface area contributed by atoms with E-state index >= 15 is 0 Å². The summed E-state index contributed by atoms with van der Waals surface area (Å²) >= 11 is 0. The number of nitrogens with zero attached hydrogens (tertiary/aromatic N) is 3. The molecule has 1 N–H and O–H groups in total. The van der Waals surface area contributed by atoms with Crippen molar-refractivity contribution in [2.75, 3.05) is 19.5 Å². The van der Waals surface area contributed by atoms with Crippen LogP contribution in [0.15, 0.2) is 58.9 Å². The molecular weight excluding hydrogens is 396 g/mol. The first-order valence-electron chi connectivity index (χ1n) is 9.40. The number of hydrogen-bond donors (Lipinski definition) is 1. The summed E-state index contributed by atoms with van der Waals surface area (Å²) in [6.07, 6.45) is 1.40. The van der Waals surface area contributed by atoms with Crippen LogP contribution in [0.4, 0.5) is 5.69 Å². The highest BCUT2D eigenvalue weighted by Crippen LogP contribution is 2.26. The molecule has 31 heavy (non-hydrogen) atoms. The second-order valence-electron chi connectivity index (χ2n) is 6.67. The molecule has 8 nitrogen and oxygen atoms in total. The number of carbonyl (C=O) groups is 1. The van der Waals surface area contributed by atoms with Crippen LogP contribution in [0.25, 0.3) is 11.8 Å². The molecule has 1 aromatic heterocycles. The standard InChI is InChI=1S/C23H22N4O4/c1-15-21(23(29)27(26(15)2)18-8-6-5-7-9-18)25-22(28)17(14-24)12-16-10-11-19(30-3)13-20(16)31-4/h5-13H,1-4H3,(H,25,28)/b17-12+. The Balaban J connectivity index is 1.97. The lowest BCUT2D eigenvalue weighted by atomic mass is 10.1. The highest BCUT2D eigenvalue weighted by molar-refractivity contribution is 6.10. The summed E-state index contributed by atoms with van der Waals surface area (Å²) in [6, 6.07) is 16.0. The fourth-order valence-electron chi connectivity index (χ4n) is 3.13.